The Balaban J connectivity index is 1.99. The van der Waals surface area contributed by atoms with Crippen LogP contribution in [0, 0.1) is 0 Å². The molecule has 1 N–H and O–H groups in total. The molecule has 132 valence electrons. The van der Waals surface area contributed by atoms with E-state index < -0.39 is 30.2 Å². The van der Waals surface area contributed by atoms with Crippen LogP contribution in [0.25, 0.3) is 0 Å². The van der Waals surface area contributed by atoms with Crippen molar-refractivity contribution in [3.63, 3.8) is 0 Å². The second-order valence-corrected chi connectivity index (χ2v) is 5.39. The number of hydrogen-bond donors (Lipinski definition) is 1. The van der Waals surface area contributed by atoms with Crippen LogP contribution in [0.4, 0.5) is 18.0 Å². The highest BCUT2D eigenvalue weighted by Gasteiger charge is 2.68. The number of alkyl halides is 3. The first-order valence-corrected chi connectivity index (χ1v) is 7.37. The van der Waals surface area contributed by atoms with Crippen molar-refractivity contribution in [3.05, 3.63) is 47.6 Å². The molecule has 0 bridgehead atoms. The molecular formula is C15H13F3N4O3. The molecule has 0 spiro atoms. The van der Waals surface area contributed by atoms with E-state index in [1.165, 1.54) is 18.2 Å². The lowest BCUT2D eigenvalue weighted by Gasteiger charge is -2.29. The molecular weight excluding hydrogens is 341 g/mol. The maximum Gasteiger partial charge on any atom is 0.425 e. The Hall–Kier alpha value is -2.91. The van der Waals surface area contributed by atoms with Gasteiger partial charge in [-0.2, -0.15) is 18.2 Å². The van der Waals surface area contributed by atoms with Crippen LogP contribution in [0.15, 0.2) is 34.9 Å². The monoisotopic (exact) mass is 354 g/mol. The molecule has 3 amide bonds. The van der Waals surface area contributed by atoms with Crippen molar-refractivity contribution in [2.24, 2.45) is 0 Å². The molecule has 2 aromatic rings. The summed E-state index contributed by atoms with van der Waals surface area (Å²) in [6.07, 6.45) is -4.61. The number of nitrogens with one attached hydrogen (secondary N) is 1. The predicted molar refractivity (Wildman–Crippen MR) is 76.9 cm³/mol. The third-order valence-electron chi connectivity index (χ3n) is 3.85. The van der Waals surface area contributed by atoms with Crippen molar-refractivity contribution in [3.8, 4) is 0 Å². The van der Waals surface area contributed by atoms with Crippen LogP contribution in [0.2, 0.25) is 0 Å². The van der Waals surface area contributed by atoms with Crippen LogP contribution >= 0.6 is 0 Å². The van der Waals surface area contributed by atoms with Crippen LogP contribution in [-0.2, 0) is 23.3 Å². The SMILES string of the molecule is CCc1nc(CN2C(=O)NC(c3ccccc3)(C(F)(F)F)C2=O)no1. The van der Waals surface area contributed by atoms with E-state index in [2.05, 4.69) is 10.1 Å². The summed E-state index contributed by atoms with van der Waals surface area (Å²) in [5.41, 5.74) is -3.51. The standard InChI is InChI=1S/C15H13F3N4O3/c1-2-11-19-10(21-25-11)8-22-12(23)14(15(16,17)18,20-13(22)24)9-6-4-3-5-7-9/h3-7H,2,8H2,1H3,(H,20,24). The summed E-state index contributed by atoms with van der Waals surface area (Å²) >= 11 is 0. The first-order chi connectivity index (χ1) is 11.8. The van der Waals surface area contributed by atoms with Crippen molar-refractivity contribution in [1.82, 2.24) is 20.4 Å². The Morgan fingerprint density at radius 3 is 2.48 bits per heavy atom. The Kier molecular flexibility index (Phi) is 3.97. The number of imide groups is 1. The van der Waals surface area contributed by atoms with E-state index in [1.807, 2.05) is 0 Å². The van der Waals surface area contributed by atoms with E-state index in [-0.39, 0.29) is 17.3 Å². The van der Waals surface area contributed by atoms with Crippen molar-refractivity contribution in [2.45, 2.75) is 31.6 Å². The van der Waals surface area contributed by atoms with E-state index in [1.54, 1.807) is 12.2 Å². The summed E-state index contributed by atoms with van der Waals surface area (Å²) in [4.78, 5) is 29.1. The normalized spacial score (nSPS) is 20.9. The number of aryl methyl sites for hydroxylation is 1. The van der Waals surface area contributed by atoms with Crippen LogP contribution in [-0.4, -0.2) is 33.2 Å². The Morgan fingerprint density at radius 2 is 1.92 bits per heavy atom. The highest BCUT2D eigenvalue weighted by Crippen LogP contribution is 2.43. The van der Waals surface area contributed by atoms with Crippen LogP contribution < -0.4 is 5.32 Å². The van der Waals surface area contributed by atoms with Gasteiger partial charge in [0.05, 0.1) is 6.54 Å². The van der Waals surface area contributed by atoms with Crippen LogP contribution in [0.1, 0.15) is 24.2 Å². The minimum absolute atomic E-state index is 0.0496. The minimum Gasteiger partial charge on any atom is -0.339 e. The minimum atomic E-state index is -5.03. The molecule has 1 unspecified atom stereocenters. The van der Waals surface area contributed by atoms with E-state index in [0.717, 1.165) is 12.1 Å². The zero-order valence-electron chi connectivity index (χ0n) is 13.0. The van der Waals surface area contributed by atoms with Gasteiger partial charge >= 0.3 is 12.2 Å². The summed E-state index contributed by atoms with van der Waals surface area (Å²) in [5.74, 6) is -1.22. The Labute approximate surface area is 139 Å². The molecule has 0 saturated carbocycles. The number of carbonyl (C=O) groups excluding carboxylic acids is 2. The number of nitrogens with zero attached hydrogens (tertiary/aromatic N) is 3. The molecule has 1 aliphatic rings. The van der Waals surface area contributed by atoms with Crippen LogP contribution in [0.3, 0.4) is 0 Å². The number of halogens is 3. The van der Waals surface area contributed by atoms with Gasteiger partial charge in [0.1, 0.15) is 0 Å². The third kappa shape index (κ3) is 2.63. The van der Waals surface area contributed by atoms with Crippen LogP contribution in [0.5, 0.6) is 0 Å². The fourth-order valence-corrected chi connectivity index (χ4v) is 2.60. The maximum absolute atomic E-state index is 13.8. The van der Waals surface area contributed by atoms with Gasteiger partial charge in [-0.05, 0) is 5.56 Å². The van der Waals surface area contributed by atoms with E-state index in [9.17, 15) is 22.8 Å². The highest BCUT2D eigenvalue weighted by molar-refractivity contribution is 6.08. The number of urea groups is 1. The average Bonchev–Trinajstić information content (AvgIpc) is 3.13. The van der Waals surface area contributed by atoms with Crippen molar-refractivity contribution in [1.29, 1.82) is 0 Å². The van der Waals surface area contributed by atoms with Gasteiger partial charge in [0.15, 0.2) is 5.82 Å². The number of benzene rings is 1. The fraction of sp³-hybridized carbons (Fsp3) is 0.333. The zero-order valence-corrected chi connectivity index (χ0v) is 13.0. The smallest absolute Gasteiger partial charge is 0.339 e. The molecule has 2 heterocycles. The van der Waals surface area contributed by atoms with Gasteiger partial charge in [0, 0.05) is 6.42 Å². The van der Waals surface area contributed by atoms with E-state index >= 15 is 0 Å². The second kappa shape index (κ2) is 5.87. The quantitative estimate of drug-likeness (QED) is 0.850. The summed E-state index contributed by atoms with van der Waals surface area (Å²) in [5, 5.41) is 5.35. The topological polar surface area (TPSA) is 88.3 Å². The predicted octanol–water partition coefficient (Wildman–Crippen LogP) is 2.14. The number of hydrogen-bond acceptors (Lipinski definition) is 5. The molecule has 0 aliphatic carbocycles. The number of carbonyl (C=O) groups is 2. The summed E-state index contributed by atoms with van der Waals surface area (Å²) < 4.78 is 46.2. The fourth-order valence-electron chi connectivity index (χ4n) is 2.60. The lowest BCUT2D eigenvalue weighted by atomic mass is 9.89. The number of amides is 3. The van der Waals surface area contributed by atoms with Crippen molar-refractivity contribution >= 4 is 11.9 Å². The Morgan fingerprint density at radius 1 is 1.24 bits per heavy atom. The van der Waals surface area contributed by atoms with Crippen molar-refractivity contribution < 1.29 is 27.3 Å². The van der Waals surface area contributed by atoms with E-state index in [0.29, 0.717) is 11.3 Å². The zero-order chi connectivity index (χ0) is 18.2. The maximum atomic E-state index is 13.8. The van der Waals surface area contributed by atoms with Gasteiger partial charge in [-0.25, -0.2) is 4.79 Å². The molecule has 1 fully saturated rings. The van der Waals surface area contributed by atoms with Gasteiger partial charge < -0.3 is 9.84 Å². The van der Waals surface area contributed by atoms with Gasteiger partial charge in [-0.15, -0.1) is 0 Å². The molecule has 1 aromatic heterocycles. The molecule has 1 atom stereocenters. The second-order valence-electron chi connectivity index (χ2n) is 5.39. The molecule has 10 heteroatoms. The van der Waals surface area contributed by atoms with Gasteiger partial charge in [-0.1, -0.05) is 42.4 Å². The average molecular weight is 354 g/mol. The summed E-state index contributed by atoms with van der Waals surface area (Å²) in [6.45, 7) is 1.23. The molecule has 0 radical (unpaired) electrons. The molecule has 25 heavy (non-hydrogen) atoms. The summed E-state index contributed by atoms with van der Waals surface area (Å²) in [6, 6.07) is 5.33. The molecule has 7 nitrogen and oxygen atoms in total. The summed E-state index contributed by atoms with van der Waals surface area (Å²) in [7, 11) is 0. The first-order valence-electron chi connectivity index (χ1n) is 7.37. The largest absolute Gasteiger partial charge is 0.425 e. The van der Waals surface area contributed by atoms with Gasteiger partial charge in [0.25, 0.3) is 5.91 Å². The first kappa shape index (κ1) is 16.9. The lowest BCUT2D eigenvalue weighted by molar-refractivity contribution is -0.198. The van der Waals surface area contributed by atoms with E-state index in [4.69, 9.17) is 4.52 Å². The molecule has 1 aliphatic heterocycles. The molecule has 3 rings (SSSR count). The van der Waals surface area contributed by atoms with Gasteiger partial charge in [-0.3, -0.25) is 9.69 Å². The third-order valence-corrected chi connectivity index (χ3v) is 3.85. The molecule has 1 aromatic carbocycles. The number of rotatable bonds is 4. The lowest BCUT2D eigenvalue weighted by Crippen LogP contribution is -2.55. The molecule has 1 saturated heterocycles. The van der Waals surface area contributed by atoms with Gasteiger partial charge in [0.2, 0.25) is 11.4 Å². The Bertz CT molecular complexity index is 806. The number of aromatic nitrogens is 2. The van der Waals surface area contributed by atoms with Crippen molar-refractivity contribution in [2.75, 3.05) is 0 Å². The highest BCUT2D eigenvalue weighted by atomic mass is 19.4.